The number of phenols is 1. The molecule has 0 bridgehead atoms. The summed E-state index contributed by atoms with van der Waals surface area (Å²) in [4.78, 5) is 28.1. The van der Waals surface area contributed by atoms with Gasteiger partial charge < -0.3 is 14.9 Å². The number of para-hydroxylation sites is 1. The number of anilines is 1. The molecule has 2 aromatic rings. The van der Waals surface area contributed by atoms with Crippen LogP contribution in [-0.4, -0.2) is 62.8 Å². The van der Waals surface area contributed by atoms with E-state index in [2.05, 4.69) is 10.4 Å². The van der Waals surface area contributed by atoms with Gasteiger partial charge in [0.15, 0.2) is 0 Å². The molecule has 0 spiro atoms. The van der Waals surface area contributed by atoms with Crippen molar-refractivity contribution in [2.75, 3.05) is 31.5 Å². The van der Waals surface area contributed by atoms with Gasteiger partial charge in [0, 0.05) is 39.3 Å². The normalized spacial score (nSPS) is 14.5. The van der Waals surface area contributed by atoms with Crippen LogP contribution in [0, 0.1) is 6.92 Å². The number of aromatic hydroxyl groups is 1. The molecule has 0 aliphatic carbocycles. The fourth-order valence-corrected chi connectivity index (χ4v) is 2.85. The van der Waals surface area contributed by atoms with Crippen LogP contribution in [0.3, 0.4) is 0 Å². The largest absolute Gasteiger partial charge is 0.507 e. The number of carbonyl (C=O) groups excluding carboxylic acids is 2. The van der Waals surface area contributed by atoms with E-state index in [-0.39, 0.29) is 23.3 Å². The van der Waals surface area contributed by atoms with Crippen LogP contribution in [0.1, 0.15) is 16.1 Å². The van der Waals surface area contributed by atoms with Gasteiger partial charge in [-0.25, -0.2) is 4.79 Å². The number of aryl methyl sites for hydroxylation is 2. The van der Waals surface area contributed by atoms with E-state index in [1.54, 1.807) is 45.8 Å². The van der Waals surface area contributed by atoms with Crippen LogP contribution < -0.4 is 5.32 Å². The first-order valence-electron chi connectivity index (χ1n) is 8.09. The van der Waals surface area contributed by atoms with Crippen molar-refractivity contribution < 1.29 is 14.7 Å². The molecule has 8 heteroatoms. The van der Waals surface area contributed by atoms with Crippen molar-refractivity contribution >= 4 is 17.8 Å². The van der Waals surface area contributed by atoms with Crippen molar-refractivity contribution in [1.29, 1.82) is 0 Å². The number of urea groups is 1. The van der Waals surface area contributed by atoms with Crippen LogP contribution >= 0.6 is 0 Å². The Hall–Kier alpha value is -3.03. The smallest absolute Gasteiger partial charge is 0.323 e. The molecular weight excluding hydrogens is 322 g/mol. The van der Waals surface area contributed by atoms with E-state index >= 15 is 0 Å². The predicted octanol–water partition coefficient (Wildman–Crippen LogP) is 1.42. The van der Waals surface area contributed by atoms with Gasteiger partial charge in [-0.2, -0.15) is 5.10 Å². The highest BCUT2D eigenvalue weighted by atomic mass is 16.3. The van der Waals surface area contributed by atoms with Gasteiger partial charge in [-0.3, -0.25) is 14.8 Å². The predicted molar refractivity (Wildman–Crippen MR) is 92.5 cm³/mol. The molecule has 1 aromatic heterocycles. The van der Waals surface area contributed by atoms with Crippen molar-refractivity contribution in [3.05, 3.63) is 41.6 Å². The second-order valence-electron chi connectivity index (χ2n) is 6.02. The number of piperazine rings is 1. The van der Waals surface area contributed by atoms with E-state index in [0.29, 0.717) is 32.0 Å². The van der Waals surface area contributed by atoms with Crippen molar-refractivity contribution in [2.45, 2.75) is 6.92 Å². The van der Waals surface area contributed by atoms with Crippen LogP contribution in [0.25, 0.3) is 0 Å². The van der Waals surface area contributed by atoms with Crippen LogP contribution in [0.15, 0.2) is 30.3 Å². The molecule has 2 heterocycles. The summed E-state index contributed by atoms with van der Waals surface area (Å²) in [5, 5.41) is 16.8. The zero-order valence-corrected chi connectivity index (χ0v) is 14.3. The highest BCUT2D eigenvalue weighted by Crippen LogP contribution is 2.19. The van der Waals surface area contributed by atoms with Crippen molar-refractivity contribution in [3.63, 3.8) is 0 Å². The number of phenolic OH excluding ortho intramolecular Hbond substituents is 1. The van der Waals surface area contributed by atoms with Gasteiger partial charge in [0.1, 0.15) is 11.6 Å². The lowest BCUT2D eigenvalue weighted by molar-refractivity contribution is 0.0668. The topological polar surface area (TPSA) is 90.7 Å². The van der Waals surface area contributed by atoms with Crippen LogP contribution in [0.2, 0.25) is 0 Å². The maximum Gasteiger partial charge on any atom is 0.323 e. The summed E-state index contributed by atoms with van der Waals surface area (Å²) in [5.41, 5.74) is 1.11. The SMILES string of the molecule is Cc1cc(NC(=O)N2CCN(C(=O)c3ccccc3O)CC2)n(C)n1. The minimum Gasteiger partial charge on any atom is -0.507 e. The molecule has 3 amide bonds. The molecule has 0 atom stereocenters. The first kappa shape index (κ1) is 16.8. The summed E-state index contributed by atoms with van der Waals surface area (Å²) < 4.78 is 1.62. The Bertz CT molecular complexity index is 793. The van der Waals surface area contributed by atoms with Gasteiger partial charge in [0.05, 0.1) is 11.3 Å². The van der Waals surface area contributed by atoms with Crippen molar-refractivity contribution in [1.82, 2.24) is 19.6 Å². The summed E-state index contributed by atoms with van der Waals surface area (Å²) in [6.07, 6.45) is 0. The molecule has 2 N–H and O–H groups in total. The average Bonchev–Trinajstić information content (AvgIpc) is 2.92. The maximum atomic E-state index is 12.5. The number of amides is 3. The number of carbonyl (C=O) groups is 2. The van der Waals surface area contributed by atoms with Gasteiger partial charge >= 0.3 is 6.03 Å². The molecule has 132 valence electrons. The average molecular weight is 343 g/mol. The van der Waals surface area contributed by atoms with E-state index < -0.39 is 0 Å². The molecule has 0 radical (unpaired) electrons. The standard InChI is InChI=1S/C17H21N5O3/c1-12-11-15(20(2)19-12)18-17(25)22-9-7-21(8-10-22)16(24)13-5-3-4-6-14(13)23/h3-6,11,23H,7-10H2,1-2H3,(H,18,25). The Morgan fingerprint density at radius 1 is 1.12 bits per heavy atom. The molecule has 1 aliphatic rings. The molecular formula is C17H21N5O3. The van der Waals surface area contributed by atoms with E-state index in [1.807, 2.05) is 6.92 Å². The molecule has 8 nitrogen and oxygen atoms in total. The summed E-state index contributed by atoms with van der Waals surface area (Å²) in [5.74, 6) is 0.384. The number of nitrogens with one attached hydrogen (secondary N) is 1. The molecule has 1 fully saturated rings. The quantitative estimate of drug-likeness (QED) is 0.863. The minimum atomic E-state index is -0.222. The highest BCUT2D eigenvalue weighted by Gasteiger charge is 2.26. The highest BCUT2D eigenvalue weighted by molar-refractivity contribution is 5.97. The summed E-state index contributed by atoms with van der Waals surface area (Å²) >= 11 is 0. The van der Waals surface area contributed by atoms with E-state index in [4.69, 9.17) is 0 Å². The molecule has 3 rings (SSSR count). The van der Waals surface area contributed by atoms with E-state index in [1.165, 1.54) is 6.07 Å². The van der Waals surface area contributed by atoms with Crippen LogP contribution in [0.4, 0.5) is 10.6 Å². The van der Waals surface area contributed by atoms with E-state index in [9.17, 15) is 14.7 Å². The van der Waals surface area contributed by atoms with Crippen LogP contribution in [-0.2, 0) is 7.05 Å². The third-order valence-corrected chi connectivity index (χ3v) is 4.23. The Kier molecular flexibility index (Phi) is 4.60. The molecule has 1 aliphatic heterocycles. The number of hydrogen-bond donors (Lipinski definition) is 2. The van der Waals surface area contributed by atoms with Crippen molar-refractivity contribution in [2.24, 2.45) is 7.05 Å². The molecule has 0 unspecified atom stereocenters. The maximum absolute atomic E-state index is 12.5. The van der Waals surface area contributed by atoms with Gasteiger partial charge in [-0.15, -0.1) is 0 Å². The second-order valence-corrected chi connectivity index (χ2v) is 6.02. The Morgan fingerprint density at radius 3 is 2.36 bits per heavy atom. The zero-order chi connectivity index (χ0) is 18.0. The Morgan fingerprint density at radius 2 is 1.76 bits per heavy atom. The third kappa shape index (κ3) is 3.57. The lowest BCUT2D eigenvalue weighted by Gasteiger charge is -2.34. The molecule has 25 heavy (non-hydrogen) atoms. The Balaban J connectivity index is 1.58. The number of nitrogens with zero attached hydrogens (tertiary/aromatic N) is 4. The minimum absolute atomic E-state index is 0.0285. The number of aromatic nitrogens is 2. The number of benzene rings is 1. The van der Waals surface area contributed by atoms with Gasteiger partial charge in [-0.1, -0.05) is 12.1 Å². The van der Waals surface area contributed by atoms with Crippen molar-refractivity contribution in [3.8, 4) is 5.75 Å². The fourth-order valence-electron chi connectivity index (χ4n) is 2.85. The Labute approximate surface area is 145 Å². The van der Waals surface area contributed by atoms with Gasteiger partial charge in [0.25, 0.3) is 5.91 Å². The van der Waals surface area contributed by atoms with E-state index in [0.717, 1.165) is 5.69 Å². The van der Waals surface area contributed by atoms with Gasteiger partial charge in [-0.05, 0) is 19.1 Å². The molecule has 1 saturated heterocycles. The summed E-state index contributed by atoms with van der Waals surface area (Å²) in [6.45, 7) is 3.57. The second kappa shape index (κ2) is 6.84. The molecule has 0 saturated carbocycles. The third-order valence-electron chi connectivity index (χ3n) is 4.23. The summed E-state index contributed by atoms with van der Waals surface area (Å²) in [6, 6.07) is 8.07. The zero-order valence-electron chi connectivity index (χ0n) is 14.3. The summed E-state index contributed by atoms with van der Waals surface area (Å²) in [7, 11) is 1.77. The first-order chi connectivity index (χ1) is 12.0. The fraction of sp³-hybridized carbons (Fsp3) is 0.353. The number of hydrogen-bond acceptors (Lipinski definition) is 4. The first-order valence-corrected chi connectivity index (χ1v) is 8.09. The van der Waals surface area contributed by atoms with Gasteiger partial charge in [0.2, 0.25) is 0 Å². The van der Waals surface area contributed by atoms with Crippen LogP contribution in [0.5, 0.6) is 5.75 Å². The monoisotopic (exact) mass is 343 g/mol. The number of rotatable bonds is 2. The lowest BCUT2D eigenvalue weighted by atomic mass is 10.1. The molecule has 1 aromatic carbocycles. The lowest BCUT2D eigenvalue weighted by Crippen LogP contribution is -2.51.